The number of hydrogen-bond acceptors (Lipinski definition) is 6. The molecule has 0 aliphatic heterocycles. The summed E-state index contributed by atoms with van der Waals surface area (Å²) in [5.74, 6) is -0.511. The number of methoxy groups -OCH3 is 1. The minimum atomic E-state index is -0.715. The first-order valence-corrected chi connectivity index (χ1v) is 5.54. The molecule has 9 nitrogen and oxygen atoms in total. The van der Waals surface area contributed by atoms with Gasteiger partial charge in [-0.1, -0.05) is 0 Å². The highest BCUT2D eigenvalue weighted by atomic mass is 16.6. The van der Waals surface area contributed by atoms with Crippen molar-refractivity contribution in [3.05, 3.63) is 39.8 Å². The van der Waals surface area contributed by atoms with E-state index in [1.807, 2.05) is 0 Å². The van der Waals surface area contributed by atoms with Gasteiger partial charge in [-0.3, -0.25) is 20.0 Å². The SMILES string of the molecule is COc1ncccc1NC(=O)c1n[nH]c(C)c1[N+](=O)[O-]. The van der Waals surface area contributed by atoms with Gasteiger partial charge < -0.3 is 10.1 Å². The maximum absolute atomic E-state index is 12.0. The van der Waals surface area contributed by atoms with Crippen LogP contribution in [0.3, 0.4) is 0 Å². The van der Waals surface area contributed by atoms with Gasteiger partial charge in [-0.15, -0.1) is 0 Å². The quantitative estimate of drug-likeness (QED) is 0.641. The average Bonchev–Trinajstić information content (AvgIpc) is 2.81. The number of aryl methyl sites for hydroxylation is 1. The lowest BCUT2D eigenvalue weighted by Crippen LogP contribution is -2.15. The third kappa shape index (κ3) is 2.41. The number of carbonyl (C=O) groups excluding carboxylic acids is 1. The number of H-pyrrole nitrogens is 1. The monoisotopic (exact) mass is 277 g/mol. The molecule has 104 valence electrons. The molecule has 2 N–H and O–H groups in total. The molecule has 2 heterocycles. The molecule has 2 rings (SSSR count). The summed E-state index contributed by atoms with van der Waals surface area (Å²) in [5.41, 5.74) is -0.142. The van der Waals surface area contributed by atoms with Gasteiger partial charge in [-0.25, -0.2) is 4.98 Å². The van der Waals surface area contributed by atoms with E-state index in [0.717, 1.165) is 0 Å². The Bertz CT molecular complexity index is 667. The Hall–Kier alpha value is -2.97. The highest BCUT2D eigenvalue weighted by molar-refractivity contribution is 6.06. The Morgan fingerprint density at radius 1 is 1.55 bits per heavy atom. The molecule has 0 aliphatic rings. The zero-order valence-corrected chi connectivity index (χ0v) is 10.7. The van der Waals surface area contributed by atoms with Crippen molar-refractivity contribution in [2.45, 2.75) is 6.92 Å². The zero-order valence-electron chi connectivity index (χ0n) is 10.7. The lowest BCUT2D eigenvalue weighted by molar-refractivity contribution is -0.385. The van der Waals surface area contributed by atoms with Crippen molar-refractivity contribution >= 4 is 17.3 Å². The van der Waals surface area contributed by atoms with E-state index in [2.05, 4.69) is 20.5 Å². The van der Waals surface area contributed by atoms with Crippen LogP contribution in [0, 0.1) is 17.0 Å². The summed E-state index contributed by atoms with van der Waals surface area (Å²) in [6.07, 6.45) is 1.50. The van der Waals surface area contributed by atoms with Crippen molar-refractivity contribution < 1.29 is 14.5 Å². The number of nitrogens with zero attached hydrogens (tertiary/aromatic N) is 3. The van der Waals surface area contributed by atoms with E-state index in [-0.39, 0.29) is 23.0 Å². The maximum atomic E-state index is 12.0. The Labute approximate surface area is 113 Å². The summed E-state index contributed by atoms with van der Waals surface area (Å²) in [6.45, 7) is 1.46. The van der Waals surface area contributed by atoms with Crippen molar-refractivity contribution in [3.8, 4) is 5.88 Å². The van der Waals surface area contributed by atoms with E-state index in [1.165, 1.54) is 20.2 Å². The molecule has 0 aliphatic carbocycles. The molecule has 20 heavy (non-hydrogen) atoms. The molecule has 0 unspecified atom stereocenters. The standard InChI is InChI=1S/C11H11N5O4/c1-6-9(16(18)19)8(15-14-6)10(17)13-7-4-3-5-12-11(7)20-2/h3-5H,1-2H3,(H,13,17)(H,14,15). The van der Waals surface area contributed by atoms with Crippen LogP contribution in [0.1, 0.15) is 16.2 Å². The summed E-state index contributed by atoms with van der Waals surface area (Å²) in [4.78, 5) is 26.2. The molecule has 0 spiro atoms. The molecule has 0 aromatic carbocycles. The predicted octanol–water partition coefficient (Wildman–Crippen LogP) is 1.28. The summed E-state index contributed by atoms with van der Waals surface area (Å²) in [6, 6.07) is 3.16. The number of pyridine rings is 1. The summed E-state index contributed by atoms with van der Waals surface area (Å²) in [7, 11) is 1.40. The lowest BCUT2D eigenvalue weighted by atomic mass is 10.3. The van der Waals surface area contributed by atoms with E-state index < -0.39 is 10.8 Å². The summed E-state index contributed by atoms with van der Waals surface area (Å²) < 4.78 is 4.98. The Balaban J connectivity index is 2.31. The van der Waals surface area contributed by atoms with Gasteiger partial charge in [0.2, 0.25) is 11.6 Å². The Morgan fingerprint density at radius 3 is 2.95 bits per heavy atom. The first kappa shape index (κ1) is 13.5. The minimum absolute atomic E-state index is 0.204. The van der Waals surface area contributed by atoms with Gasteiger partial charge in [0.15, 0.2) is 0 Å². The minimum Gasteiger partial charge on any atom is -0.480 e. The number of aromatic amines is 1. The largest absolute Gasteiger partial charge is 0.480 e. The van der Waals surface area contributed by atoms with Crippen LogP contribution in [-0.4, -0.2) is 33.1 Å². The van der Waals surface area contributed by atoms with Crippen LogP contribution < -0.4 is 10.1 Å². The second-order valence-corrected chi connectivity index (χ2v) is 3.82. The normalized spacial score (nSPS) is 10.1. The molecule has 2 aromatic heterocycles. The first-order valence-electron chi connectivity index (χ1n) is 5.54. The number of ether oxygens (including phenoxy) is 1. The zero-order chi connectivity index (χ0) is 14.7. The first-order chi connectivity index (χ1) is 9.54. The molecular formula is C11H11N5O4. The van der Waals surface area contributed by atoms with Crippen LogP contribution in [0.4, 0.5) is 11.4 Å². The van der Waals surface area contributed by atoms with Crippen LogP contribution in [0.15, 0.2) is 18.3 Å². The number of aromatic nitrogens is 3. The number of rotatable bonds is 4. The molecule has 0 saturated heterocycles. The summed E-state index contributed by atoms with van der Waals surface area (Å²) >= 11 is 0. The van der Waals surface area contributed by atoms with Crippen LogP contribution in [0.25, 0.3) is 0 Å². The molecular weight excluding hydrogens is 266 g/mol. The van der Waals surface area contributed by atoms with Crippen LogP contribution in [0.5, 0.6) is 5.88 Å². The molecule has 0 atom stereocenters. The number of nitrogens with one attached hydrogen (secondary N) is 2. The number of nitro groups is 1. The molecule has 0 radical (unpaired) electrons. The fourth-order valence-electron chi connectivity index (χ4n) is 1.64. The van der Waals surface area contributed by atoms with E-state index in [4.69, 9.17) is 4.74 Å². The van der Waals surface area contributed by atoms with E-state index >= 15 is 0 Å². The molecule has 0 fully saturated rings. The van der Waals surface area contributed by atoms with Gasteiger partial charge in [0.05, 0.1) is 12.0 Å². The molecule has 9 heteroatoms. The second kappa shape index (κ2) is 5.34. The van der Waals surface area contributed by atoms with Crippen LogP contribution in [-0.2, 0) is 0 Å². The average molecular weight is 277 g/mol. The number of amides is 1. The lowest BCUT2D eigenvalue weighted by Gasteiger charge is -2.07. The number of anilines is 1. The fourth-order valence-corrected chi connectivity index (χ4v) is 1.64. The van der Waals surface area contributed by atoms with Crippen molar-refractivity contribution in [2.24, 2.45) is 0 Å². The van der Waals surface area contributed by atoms with Crippen molar-refractivity contribution in [2.75, 3.05) is 12.4 Å². The van der Waals surface area contributed by atoms with Gasteiger partial charge in [0.25, 0.3) is 5.91 Å². The van der Waals surface area contributed by atoms with Gasteiger partial charge in [0.1, 0.15) is 11.4 Å². The van der Waals surface area contributed by atoms with Crippen molar-refractivity contribution in [3.63, 3.8) is 0 Å². The third-order valence-corrected chi connectivity index (χ3v) is 2.53. The van der Waals surface area contributed by atoms with E-state index in [9.17, 15) is 14.9 Å². The van der Waals surface area contributed by atoms with E-state index in [1.54, 1.807) is 12.1 Å². The number of carbonyl (C=O) groups is 1. The van der Waals surface area contributed by atoms with E-state index in [0.29, 0.717) is 5.69 Å². The smallest absolute Gasteiger partial charge is 0.322 e. The highest BCUT2D eigenvalue weighted by Crippen LogP contribution is 2.24. The van der Waals surface area contributed by atoms with Crippen LogP contribution >= 0.6 is 0 Å². The molecule has 1 amide bonds. The molecule has 2 aromatic rings. The maximum Gasteiger partial charge on any atom is 0.322 e. The van der Waals surface area contributed by atoms with Gasteiger partial charge >= 0.3 is 5.69 Å². The third-order valence-electron chi connectivity index (χ3n) is 2.53. The predicted molar refractivity (Wildman–Crippen MR) is 68.7 cm³/mol. The van der Waals surface area contributed by atoms with Crippen molar-refractivity contribution in [1.29, 1.82) is 0 Å². The van der Waals surface area contributed by atoms with Gasteiger partial charge in [-0.2, -0.15) is 5.10 Å². The van der Waals surface area contributed by atoms with Crippen molar-refractivity contribution in [1.82, 2.24) is 15.2 Å². The second-order valence-electron chi connectivity index (χ2n) is 3.82. The molecule has 0 saturated carbocycles. The van der Waals surface area contributed by atoms with Gasteiger partial charge in [0, 0.05) is 6.20 Å². The summed E-state index contributed by atoms with van der Waals surface area (Å²) in [5, 5.41) is 19.4. The Kier molecular flexibility index (Phi) is 3.60. The fraction of sp³-hybridized carbons (Fsp3) is 0.182. The Morgan fingerprint density at radius 2 is 2.30 bits per heavy atom. The highest BCUT2D eigenvalue weighted by Gasteiger charge is 2.27. The number of hydrogen-bond donors (Lipinski definition) is 2. The van der Waals surface area contributed by atoms with Gasteiger partial charge in [-0.05, 0) is 19.1 Å². The molecule has 0 bridgehead atoms. The topological polar surface area (TPSA) is 123 Å². The van der Waals surface area contributed by atoms with Crippen LogP contribution in [0.2, 0.25) is 0 Å².